The molecule has 0 spiro atoms. The van der Waals surface area contributed by atoms with Gasteiger partial charge in [-0.25, -0.2) is 9.37 Å². The van der Waals surface area contributed by atoms with Gasteiger partial charge in [-0.05, 0) is 49.1 Å². The van der Waals surface area contributed by atoms with Crippen LogP contribution in [0.15, 0.2) is 60.8 Å². The Labute approximate surface area is 152 Å². The van der Waals surface area contributed by atoms with E-state index in [9.17, 15) is 4.39 Å². The molecular formula is C21H21FN4. The van der Waals surface area contributed by atoms with Crippen molar-refractivity contribution in [1.29, 1.82) is 0 Å². The molecular weight excluding hydrogens is 327 g/mol. The van der Waals surface area contributed by atoms with Crippen LogP contribution in [-0.4, -0.2) is 22.6 Å². The Bertz CT molecular complexity index is 912. The van der Waals surface area contributed by atoms with Gasteiger partial charge in [0, 0.05) is 24.5 Å². The van der Waals surface area contributed by atoms with Crippen molar-refractivity contribution in [3.63, 3.8) is 0 Å². The first-order valence-electron chi connectivity index (χ1n) is 8.90. The molecule has 0 bridgehead atoms. The predicted molar refractivity (Wildman–Crippen MR) is 102 cm³/mol. The molecule has 1 aliphatic heterocycles. The summed E-state index contributed by atoms with van der Waals surface area (Å²) in [5.41, 5.74) is 3.20. The highest BCUT2D eigenvalue weighted by Crippen LogP contribution is 2.36. The summed E-state index contributed by atoms with van der Waals surface area (Å²) in [6.45, 7) is 2.80. The quantitative estimate of drug-likeness (QED) is 0.744. The Balaban J connectivity index is 1.48. The standard InChI is InChI=1S/C21H21FN4/c1-15-14-17-7-3-5-9-19(17)26(15)21-24-13-11-20(25-21)23-12-10-16-6-2-4-8-18(16)22/h2-9,11,13,15H,10,12,14H2,1H3,(H,23,24,25). The Morgan fingerprint density at radius 3 is 2.81 bits per heavy atom. The van der Waals surface area contributed by atoms with Gasteiger partial charge in [0.1, 0.15) is 11.6 Å². The molecule has 0 saturated carbocycles. The molecule has 0 aliphatic carbocycles. The molecule has 1 unspecified atom stereocenters. The average Bonchev–Trinajstić information content (AvgIpc) is 2.99. The number of rotatable bonds is 5. The fourth-order valence-electron chi connectivity index (χ4n) is 3.46. The number of para-hydroxylation sites is 1. The number of hydrogen-bond acceptors (Lipinski definition) is 4. The summed E-state index contributed by atoms with van der Waals surface area (Å²) in [6.07, 6.45) is 3.36. The number of hydrogen-bond donors (Lipinski definition) is 1. The highest BCUT2D eigenvalue weighted by atomic mass is 19.1. The monoisotopic (exact) mass is 348 g/mol. The molecule has 26 heavy (non-hydrogen) atoms. The Morgan fingerprint density at radius 1 is 1.12 bits per heavy atom. The average molecular weight is 348 g/mol. The van der Waals surface area contributed by atoms with E-state index in [4.69, 9.17) is 0 Å². The third kappa shape index (κ3) is 3.25. The maximum absolute atomic E-state index is 13.7. The van der Waals surface area contributed by atoms with Crippen LogP contribution in [0.2, 0.25) is 0 Å². The van der Waals surface area contributed by atoms with Gasteiger partial charge in [0.2, 0.25) is 5.95 Å². The van der Waals surface area contributed by atoms with E-state index in [-0.39, 0.29) is 5.82 Å². The molecule has 4 nitrogen and oxygen atoms in total. The molecule has 3 aromatic rings. The van der Waals surface area contributed by atoms with Crippen molar-refractivity contribution in [1.82, 2.24) is 9.97 Å². The predicted octanol–water partition coefficient (Wildman–Crippen LogP) is 4.35. The van der Waals surface area contributed by atoms with Crippen LogP contribution in [0.25, 0.3) is 0 Å². The SMILES string of the molecule is CC1Cc2ccccc2N1c1nccc(NCCc2ccccc2F)n1. The van der Waals surface area contributed by atoms with Crippen molar-refractivity contribution in [3.8, 4) is 0 Å². The van der Waals surface area contributed by atoms with E-state index in [0.717, 1.165) is 12.2 Å². The number of anilines is 3. The number of aromatic nitrogens is 2. The van der Waals surface area contributed by atoms with Gasteiger partial charge in [-0.1, -0.05) is 36.4 Å². The normalized spacial score (nSPS) is 15.8. The second kappa shape index (κ2) is 7.12. The van der Waals surface area contributed by atoms with Gasteiger partial charge in [-0.2, -0.15) is 4.98 Å². The van der Waals surface area contributed by atoms with Gasteiger partial charge in [0.15, 0.2) is 0 Å². The minimum Gasteiger partial charge on any atom is -0.370 e. The van der Waals surface area contributed by atoms with Gasteiger partial charge in [-0.15, -0.1) is 0 Å². The van der Waals surface area contributed by atoms with E-state index in [2.05, 4.69) is 45.3 Å². The molecule has 1 aromatic heterocycles. The van der Waals surface area contributed by atoms with E-state index < -0.39 is 0 Å². The number of benzene rings is 2. The van der Waals surface area contributed by atoms with Crippen LogP contribution >= 0.6 is 0 Å². The maximum atomic E-state index is 13.7. The summed E-state index contributed by atoms with van der Waals surface area (Å²) >= 11 is 0. The molecule has 1 N–H and O–H groups in total. The summed E-state index contributed by atoms with van der Waals surface area (Å²) in [4.78, 5) is 11.3. The lowest BCUT2D eigenvalue weighted by Crippen LogP contribution is -2.26. The van der Waals surface area contributed by atoms with Crippen LogP contribution in [-0.2, 0) is 12.8 Å². The summed E-state index contributed by atoms with van der Waals surface area (Å²) < 4.78 is 13.7. The topological polar surface area (TPSA) is 41.1 Å². The third-order valence-corrected chi connectivity index (χ3v) is 4.72. The molecule has 0 fully saturated rings. The minimum absolute atomic E-state index is 0.167. The lowest BCUT2D eigenvalue weighted by molar-refractivity contribution is 0.610. The lowest BCUT2D eigenvalue weighted by Gasteiger charge is -2.23. The van der Waals surface area contributed by atoms with Crippen LogP contribution in [0.3, 0.4) is 0 Å². The van der Waals surface area contributed by atoms with Gasteiger partial charge in [0.05, 0.1) is 0 Å². The first-order chi connectivity index (χ1) is 12.7. The molecule has 0 saturated heterocycles. The van der Waals surface area contributed by atoms with Crippen molar-refractivity contribution >= 4 is 17.5 Å². The second-order valence-corrected chi connectivity index (χ2v) is 6.56. The second-order valence-electron chi connectivity index (χ2n) is 6.56. The highest BCUT2D eigenvalue weighted by Gasteiger charge is 2.28. The summed E-state index contributed by atoms with van der Waals surface area (Å²) in [5.74, 6) is 1.28. The minimum atomic E-state index is -0.167. The molecule has 2 aromatic carbocycles. The van der Waals surface area contributed by atoms with Crippen molar-refractivity contribution < 1.29 is 4.39 Å². The molecule has 1 aliphatic rings. The molecule has 5 heteroatoms. The van der Waals surface area contributed by atoms with Crippen LogP contribution < -0.4 is 10.2 Å². The van der Waals surface area contributed by atoms with E-state index in [1.807, 2.05) is 24.3 Å². The molecule has 1 atom stereocenters. The van der Waals surface area contributed by atoms with Crippen LogP contribution in [0.5, 0.6) is 0 Å². The first-order valence-corrected chi connectivity index (χ1v) is 8.90. The van der Waals surface area contributed by atoms with Gasteiger partial charge < -0.3 is 10.2 Å². The van der Waals surface area contributed by atoms with Gasteiger partial charge in [0.25, 0.3) is 0 Å². The maximum Gasteiger partial charge on any atom is 0.232 e. The van der Waals surface area contributed by atoms with Crippen LogP contribution in [0, 0.1) is 5.82 Å². The number of nitrogens with zero attached hydrogens (tertiary/aromatic N) is 3. The van der Waals surface area contributed by atoms with E-state index in [0.29, 0.717) is 30.5 Å². The van der Waals surface area contributed by atoms with Gasteiger partial charge >= 0.3 is 0 Å². The largest absolute Gasteiger partial charge is 0.370 e. The van der Waals surface area contributed by atoms with Crippen molar-refractivity contribution in [2.24, 2.45) is 0 Å². The van der Waals surface area contributed by atoms with Crippen molar-refractivity contribution in [2.75, 3.05) is 16.8 Å². The van der Waals surface area contributed by atoms with Crippen LogP contribution in [0.1, 0.15) is 18.1 Å². The number of halogens is 1. The third-order valence-electron chi connectivity index (χ3n) is 4.72. The smallest absolute Gasteiger partial charge is 0.232 e. The molecule has 4 rings (SSSR count). The zero-order valence-corrected chi connectivity index (χ0v) is 14.7. The molecule has 0 amide bonds. The molecule has 132 valence electrons. The van der Waals surface area contributed by atoms with Crippen molar-refractivity contribution in [3.05, 3.63) is 77.7 Å². The van der Waals surface area contributed by atoms with E-state index >= 15 is 0 Å². The van der Waals surface area contributed by atoms with E-state index in [1.54, 1.807) is 12.3 Å². The summed E-state index contributed by atoms with van der Waals surface area (Å²) in [7, 11) is 0. The zero-order valence-electron chi connectivity index (χ0n) is 14.7. The Morgan fingerprint density at radius 2 is 1.92 bits per heavy atom. The van der Waals surface area contributed by atoms with E-state index in [1.165, 1.54) is 17.3 Å². The summed E-state index contributed by atoms with van der Waals surface area (Å²) in [5, 5.41) is 3.28. The number of fused-ring (bicyclic) bond motifs is 1. The highest BCUT2D eigenvalue weighted by molar-refractivity contribution is 5.67. The Kier molecular flexibility index (Phi) is 4.52. The summed E-state index contributed by atoms with van der Waals surface area (Å²) in [6, 6.07) is 17.4. The van der Waals surface area contributed by atoms with Crippen LogP contribution in [0.4, 0.5) is 21.8 Å². The Hall–Kier alpha value is -2.95. The zero-order chi connectivity index (χ0) is 17.9. The van der Waals surface area contributed by atoms with Crippen molar-refractivity contribution in [2.45, 2.75) is 25.8 Å². The van der Waals surface area contributed by atoms with Gasteiger partial charge in [-0.3, -0.25) is 0 Å². The molecule has 0 radical (unpaired) electrons. The lowest BCUT2D eigenvalue weighted by atomic mass is 10.1. The number of nitrogens with one attached hydrogen (secondary N) is 1. The molecule has 2 heterocycles. The fraction of sp³-hybridized carbons (Fsp3) is 0.238. The first kappa shape index (κ1) is 16.5. The fourth-order valence-corrected chi connectivity index (χ4v) is 3.46.